The quantitative estimate of drug-likeness (QED) is 0.927. The molecule has 0 bridgehead atoms. The minimum atomic E-state index is -0.147. The highest BCUT2D eigenvalue weighted by Crippen LogP contribution is 2.31. The predicted molar refractivity (Wildman–Crippen MR) is 83.8 cm³/mol. The molecule has 1 aliphatic rings. The first-order valence-electron chi connectivity index (χ1n) is 7.72. The van der Waals surface area contributed by atoms with Gasteiger partial charge in [0.05, 0.1) is 42.0 Å². The summed E-state index contributed by atoms with van der Waals surface area (Å²) in [5, 5.41) is 7.37. The number of nitrogens with one attached hydrogen (secondary N) is 1. The highest BCUT2D eigenvalue weighted by atomic mass is 16.5. The van der Waals surface area contributed by atoms with Crippen LogP contribution in [0.1, 0.15) is 53.1 Å². The molecule has 122 valence electrons. The zero-order chi connectivity index (χ0) is 16.6. The molecule has 1 amide bonds. The molecule has 1 N–H and O–H groups in total. The smallest absolute Gasteiger partial charge is 0.270 e. The maximum Gasteiger partial charge on any atom is 0.270 e. The molecule has 0 radical (unpaired) electrons. The fourth-order valence-corrected chi connectivity index (χ4v) is 3.00. The lowest BCUT2D eigenvalue weighted by molar-refractivity contribution is -0.00710. The van der Waals surface area contributed by atoms with Crippen molar-refractivity contribution in [3.8, 4) is 0 Å². The average molecular weight is 315 g/mol. The Balaban J connectivity index is 1.80. The van der Waals surface area contributed by atoms with Gasteiger partial charge in [-0.3, -0.25) is 19.4 Å². The number of fused-ring (bicyclic) bond motifs is 1. The average Bonchev–Trinajstić information content (AvgIpc) is 2.81. The fraction of sp³-hybridized carbons (Fsp3) is 0.500. The van der Waals surface area contributed by atoms with Crippen LogP contribution in [0.25, 0.3) is 0 Å². The Bertz CT molecular complexity index is 740. The lowest BCUT2D eigenvalue weighted by Gasteiger charge is -2.24. The van der Waals surface area contributed by atoms with E-state index in [2.05, 4.69) is 20.4 Å². The van der Waals surface area contributed by atoms with E-state index in [1.165, 1.54) is 0 Å². The Labute approximate surface area is 135 Å². The van der Waals surface area contributed by atoms with Gasteiger partial charge in [0.25, 0.3) is 5.91 Å². The summed E-state index contributed by atoms with van der Waals surface area (Å²) in [5.41, 5.74) is 3.99. The van der Waals surface area contributed by atoms with Crippen LogP contribution in [0.4, 0.5) is 0 Å². The van der Waals surface area contributed by atoms with Gasteiger partial charge in [0.1, 0.15) is 5.69 Å². The first-order valence-corrected chi connectivity index (χ1v) is 7.72. The first kappa shape index (κ1) is 15.6. The number of ether oxygens (including phenoxy) is 1. The minimum Gasteiger partial charge on any atom is -0.369 e. The first-order chi connectivity index (χ1) is 11.0. The molecule has 2 aromatic heterocycles. The van der Waals surface area contributed by atoms with Crippen molar-refractivity contribution in [3.05, 3.63) is 40.7 Å². The number of hydrogen-bond acceptors (Lipinski definition) is 5. The molecule has 0 spiro atoms. The highest BCUT2D eigenvalue weighted by molar-refractivity contribution is 5.94. The van der Waals surface area contributed by atoms with E-state index >= 15 is 0 Å². The molecule has 1 aliphatic heterocycles. The maximum absolute atomic E-state index is 12.6. The van der Waals surface area contributed by atoms with Crippen molar-refractivity contribution in [3.63, 3.8) is 0 Å². The van der Waals surface area contributed by atoms with Crippen LogP contribution in [0.2, 0.25) is 0 Å². The van der Waals surface area contributed by atoms with Crippen molar-refractivity contribution in [1.29, 1.82) is 0 Å². The molecule has 0 aliphatic carbocycles. The summed E-state index contributed by atoms with van der Waals surface area (Å²) < 4.78 is 7.42. The SMILES string of the molecule is Cc1cncc(CNC(=O)c2c3c(nn2C)[C@H](C)O[C@H](C)C3)n1. The molecule has 0 saturated carbocycles. The van der Waals surface area contributed by atoms with Gasteiger partial charge in [-0.2, -0.15) is 5.10 Å². The largest absolute Gasteiger partial charge is 0.369 e. The van der Waals surface area contributed by atoms with Gasteiger partial charge in [0, 0.05) is 25.2 Å². The molecule has 0 fully saturated rings. The maximum atomic E-state index is 12.6. The van der Waals surface area contributed by atoms with Crippen molar-refractivity contribution in [2.45, 2.75) is 45.9 Å². The summed E-state index contributed by atoms with van der Waals surface area (Å²) in [5.74, 6) is -0.147. The molecular weight excluding hydrogens is 294 g/mol. The van der Waals surface area contributed by atoms with E-state index in [9.17, 15) is 4.79 Å². The van der Waals surface area contributed by atoms with Crippen molar-refractivity contribution in [2.24, 2.45) is 7.05 Å². The van der Waals surface area contributed by atoms with E-state index in [0.717, 1.165) is 22.6 Å². The summed E-state index contributed by atoms with van der Waals surface area (Å²) >= 11 is 0. The molecule has 7 heteroatoms. The fourth-order valence-electron chi connectivity index (χ4n) is 3.00. The molecule has 0 saturated heterocycles. The summed E-state index contributed by atoms with van der Waals surface area (Å²) in [6.45, 7) is 6.19. The van der Waals surface area contributed by atoms with E-state index in [4.69, 9.17) is 4.74 Å². The Hall–Kier alpha value is -2.28. The predicted octanol–water partition coefficient (Wildman–Crippen LogP) is 1.47. The van der Waals surface area contributed by atoms with Gasteiger partial charge in [-0.25, -0.2) is 0 Å². The third-order valence-corrected chi connectivity index (χ3v) is 3.94. The zero-order valence-electron chi connectivity index (χ0n) is 13.8. The summed E-state index contributed by atoms with van der Waals surface area (Å²) in [7, 11) is 1.79. The summed E-state index contributed by atoms with van der Waals surface area (Å²) in [4.78, 5) is 21.0. The second-order valence-corrected chi connectivity index (χ2v) is 5.96. The van der Waals surface area contributed by atoms with Crippen molar-refractivity contribution >= 4 is 5.91 Å². The molecule has 2 atom stereocenters. The molecule has 3 rings (SSSR count). The Morgan fingerprint density at radius 3 is 2.96 bits per heavy atom. The third kappa shape index (κ3) is 3.10. The summed E-state index contributed by atoms with van der Waals surface area (Å²) in [6, 6.07) is 0. The van der Waals surface area contributed by atoms with E-state index in [0.29, 0.717) is 18.7 Å². The van der Waals surface area contributed by atoms with E-state index in [1.54, 1.807) is 24.1 Å². The molecule has 7 nitrogen and oxygen atoms in total. The molecule has 2 aromatic rings. The number of aromatic nitrogens is 4. The van der Waals surface area contributed by atoms with Crippen molar-refractivity contribution in [2.75, 3.05) is 0 Å². The summed E-state index contributed by atoms with van der Waals surface area (Å²) in [6.07, 6.45) is 4.02. The van der Waals surface area contributed by atoms with Crippen LogP contribution in [0, 0.1) is 6.92 Å². The van der Waals surface area contributed by atoms with Crippen LogP contribution in [0.5, 0.6) is 0 Å². The number of rotatable bonds is 3. The molecule has 0 aromatic carbocycles. The molecule has 0 unspecified atom stereocenters. The second kappa shape index (κ2) is 6.08. The second-order valence-electron chi connectivity index (χ2n) is 5.96. The molecular formula is C16H21N5O2. The lowest BCUT2D eigenvalue weighted by Crippen LogP contribution is -2.28. The van der Waals surface area contributed by atoms with Gasteiger partial charge in [0.2, 0.25) is 0 Å². The molecule has 23 heavy (non-hydrogen) atoms. The number of carbonyl (C=O) groups is 1. The van der Waals surface area contributed by atoms with Gasteiger partial charge in [-0.05, 0) is 20.8 Å². The molecule has 3 heterocycles. The van der Waals surface area contributed by atoms with Crippen molar-refractivity contribution < 1.29 is 9.53 Å². The van der Waals surface area contributed by atoms with Crippen LogP contribution >= 0.6 is 0 Å². The van der Waals surface area contributed by atoms with Crippen LogP contribution in [-0.4, -0.2) is 31.8 Å². The highest BCUT2D eigenvalue weighted by Gasteiger charge is 2.31. The third-order valence-electron chi connectivity index (χ3n) is 3.94. The number of amides is 1. The van der Waals surface area contributed by atoms with Gasteiger partial charge in [0.15, 0.2) is 0 Å². The van der Waals surface area contributed by atoms with Crippen molar-refractivity contribution in [1.82, 2.24) is 25.1 Å². The van der Waals surface area contributed by atoms with E-state index in [-0.39, 0.29) is 18.1 Å². The van der Waals surface area contributed by atoms with Crippen LogP contribution in [0.15, 0.2) is 12.4 Å². The number of carbonyl (C=O) groups excluding carboxylic acids is 1. The van der Waals surface area contributed by atoms with Gasteiger partial charge in [-0.1, -0.05) is 0 Å². The Kier molecular flexibility index (Phi) is 4.12. The normalized spacial score (nSPS) is 20.2. The van der Waals surface area contributed by atoms with Crippen LogP contribution in [0.3, 0.4) is 0 Å². The number of nitrogens with zero attached hydrogens (tertiary/aromatic N) is 4. The monoisotopic (exact) mass is 315 g/mol. The van der Waals surface area contributed by atoms with Crippen LogP contribution in [-0.2, 0) is 24.8 Å². The Morgan fingerprint density at radius 1 is 1.43 bits per heavy atom. The topological polar surface area (TPSA) is 81.9 Å². The van der Waals surface area contributed by atoms with Gasteiger partial charge < -0.3 is 10.1 Å². The number of aryl methyl sites for hydroxylation is 2. The zero-order valence-corrected chi connectivity index (χ0v) is 13.8. The van der Waals surface area contributed by atoms with Gasteiger partial charge in [-0.15, -0.1) is 0 Å². The standard InChI is InChI=1S/C16H21N5O2/c1-9-6-17-7-12(19-9)8-18-16(22)15-13-5-10(2)23-11(3)14(13)20-21(15)4/h6-7,10-11H,5,8H2,1-4H3,(H,18,22)/t10-,11+/m1/s1. The van der Waals surface area contributed by atoms with Gasteiger partial charge >= 0.3 is 0 Å². The number of hydrogen-bond donors (Lipinski definition) is 1. The lowest BCUT2D eigenvalue weighted by atomic mass is 9.99. The Morgan fingerprint density at radius 2 is 2.22 bits per heavy atom. The minimum absolute atomic E-state index is 0.0795. The van der Waals surface area contributed by atoms with E-state index < -0.39 is 0 Å². The van der Waals surface area contributed by atoms with E-state index in [1.807, 2.05) is 20.8 Å². The van der Waals surface area contributed by atoms with Crippen LogP contribution < -0.4 is 5.32 Å².